The topological polar surface area (TPSA) is 109 Å². The van der Waals surface area contributed by atoms with E-state index in [0.717, 1.165) is 0 Å². The van der Waals surface area contributed by atoms with E-state index in [9.17, 15) is 0 Å². The van der Waals surface area contributed by atoms with Crippen LogP contribution >= 0.6 is 0 Å². The van der Waals surface area contributed by atoms with Gasteiger partial charge in [0.05, 0.1) is 6.33 Å². The molecule has 0 spiro atoms. The number of nitrogens with one attached hydrogen (secondary N) is 1. The fourth-order valence-corrected chi connectivity index (χ4v) is 0.486. The number of nitrogens with zero attached hydrogens (tertiary/aromatic N) is 3. The maximum Gasteiger partial charge on any atom is 0.209 e. The summed E-state index contributed by atoms with van der Waals surface area (Å²) in [6, 6.07) is 0. The lowest BCUT2D eigenvalue weighted by atomic mass is 10.7. The lowest BCUT2D eigenvalue weighted by Crippen LogP contribution is -1.93. The third-order valence-electron chi connectivity index (χ3n) is 0.927. The van der Waals surface area contributed by atoms with E-state index in [0.29, 0.717) is 6.54 Å². The van der Waals surface area contributed by atoms with Crippen LogP contribution in [0.5, 0.6) is 0 Å². The quantitative estimate of drug-likeness (QED) is 0.527. The zero-order valence-electron chi connectivity index (χ0n) is 6.51. The number of aliphatic imine (C=N–C) groups is 2. The summed E-state index contributed by atoms with van der Waals surface area (Å²) >= 11 is 0. The first-order valence-electron chi connectivity index (χ1n) is 3.06. The molecule has 0 fully saturated rings. The molecular formula is C6H11N5O. The van der Waals surface area contributed by atoms with Gasteiger partial charge in [0.2, 0.25) is 5.90 Å². The van der Waals surface area contributed by atoms with Crippen LogP contribution in [0.1, 0.15) is 0 Å². The third kappa shape index (κ3) is 4.18. The number of hydrogen-bond donors (Lipinski definition) is 3. The van der Waals surface area contributed by atoms with Gasteiger partial charge in [0.1, 0.15) is 12.9 Å². The maximum atomic E-state index is 8.35. The molecule has 0 aromatic carbocycles. The molecule has 0 atom stereocenters. The molecule has 0 amide bonds. The van der Waals surface area contributed by atoms with Crippen LogP contribution in [-0.2, 0) is 0 Å². The molecule has 1 aromatic heterocycles. The van der Waals surface area contributed by atoms with Crippen LogP contribution in [0.3, 0.4) is 0 Å². The highest BCUT2D eigenvalue weighted by atomic mass is 16.3. The van der Waals surface area contributed by atoms with Crippen LogP contribution in [0, 0.1) is 0 Å². The Labute approximate surface area is 69.7 Å². The van der Waals surface area contributed by atoms with E-state index in [1.54, 1.807) is 18.7 Å². The van der Waals surface area contributed by atoms with Crippen LogP contribution in [0.15, 0.2) is 28.7 Å². The molecule has 6 heteroatoms. The average molecular weight is 169 g/mol. The highest BCUT2D eigenvalue weighted by Gasteiger charge is 1.92. The van der Waals surface area contributed by atoms with Gasteiger partial charge in [-0.3, -0.25) is 4.99 Å². The predicted octanol–water partition coefficient (Wildman–Crippen LogP) is 0.556. The summed E-state index contributed by atoms with van der Waals surface area (Å²) in [5.74, 6) is 0.106. The molecule has 6 nitrogen and oxygen atoms in total. The minimum Gasteiger partial charge on any atom is -0.495 e. The Morgan fingerprint density at radius 2 is 2.33 bits per heavy atom. The lowest BCUT2D eigenvalue weighted by Gasteiger charge is -1.75. The second-order valence-corrected chi connectivity index (χ2v) is 1.76. The molecule has 5 N–H and O–H groups in total. The Bertz CT molecular complexity index is 223. The third-order valence-corrected chi connectivity index (χ3v) is 0.927. The smallest absolute Gasteiger partial charge is 0.209 e. The predicted molar refractivity (Wildman–Crippen MR) is 47.0 cm³/mol. The molecule has 0 unspecified atom stereocenters. The first-order valence-corrected chi connectivity index (χ1v) is 3.06. The van der Waals surface area contributed by atoms with E-state index in [2.05, 4.69) is 20.0 Å². The maximum absolute atomic E-state index is 8.35. The van der Waals surface area contributed by atoms with Gasteiger partial charge in [-0.15, -0.1) is 0 Å². The highest BCUT2D eigenvalue weighted by molar-refractivity contribution is 5.88. The van der Waals surface area contributed by atoms with Crippen molar-refractivity contribution in [3.05, 3.63) is 18.7 Å². The molecule has 2 heterocycles. The van der Waals surface area contributed by atoms with Crippen molar-refractivity contribution in [2.75, 3.05) is 6.54 Å². The molecule has 0 saturated carbocycles. The number of hydrogen-bond acceptors (Lipinski definition) is 4. The number of rotatable bonds is 0. The fourth-order valence-electron chi connectivity index (χ4n) is 0.486. The normalized spacial score (nSPS) is 12.5. The van der Waals surface area contributed by atoms with Crippen molar-refractivity contribution in [3.8, 4) is 0 Å². The number of imidazole rings is 1. The molecule has 12 heavy (non-hydrogen) atoms. The molecule has 2 rings (SSSR count). The largest absolute Gasteiger partial charge is 0.495 e. The van der Waals surface area contributed by atoms with Crippen molar-refractivity contribution >= 4 is 12.2 Å². The monoisotopic (exact) mass is 169 g/mol. The summed E-state index contributed by atoms with van der Waals surface area (Å²) in [5, 5.41) is 8.35. The van der Waals surface area contributed by atoms with E-state index in [4.69, 9.17) is 5.11 Å². The van der Waals surface area contributed by atoms with Gasteiger partial charge >= 0.3 is 0 Å². The van der Waals surface area contributed by atoms with E-state index in [1.807, 2.05) is 0 Å². The van der Waals surface area contributed by atoms with Gasteiger partial charge < -0.3 is 16.2 Å². The Morgan fingerprint density at radius 3 is 2.50 bits per heavy atom. The zero-order chi connectivity index (χ0) is 7.94. The summed E-state index contributed by atoms with van der Waals surface area (Å²) in [7, 11) is 0. The second kappa shape index (κ2) is 6.05. The molecule has 1 aromatic rings. The summed E-state index contributed by atoms with van der Waals surface area (Å²) in [6.07, 6.45) is 6.43. The fraction of sp³-hybridized carbons (Fsp3) is 0.167. The number of aromatic nitrogens is 2. The first-order chi connectivity index (χ1) is 5.39. The van der Waals surface area contributed by atoms with E-state index in [1.165, 1.54) is 6.34 Å². The van der Waals surface area contributed by atoms with Gasteiger partial charge in [-0.1, -0.05) is 0 Å². The van der Waals surface area contributed by atoms with E-state index in [-0.39, 0.29) is 12.0 Å². The van der Waals surface area contributed by atoms with Crippen LogP contribution in [0.25, 0.3) is 0 Å². The van der Waals surface area contributed by atoms with Crippen molar-refractivity contribution in [2.24, 2.45) is 9.98 Å². The molecule has 0 bridgehead atoms. The van der Waals surface area contributed by atoms with Gasteiger partial charge in [0, 0.05) is 12.4 Å². The number of aliphatic hydroxyl groups is 1. The Morgan fingerprint density at radius 1 is 1.50 bits per heavy atom. The molecule has 66 valence electrons. The number of aliphatic hydroxyl groups excluding tert-OH is 1. The summed E-state index contributed by atoms with van der Waals surface area (Å²) in [4.78, 5) is 13.4. The molecule has 1 aliphatic heterocycles. The van der Waals surface area contributed by atoms with Crippen molar-refractivity contribution in [1.82, 2.24) is 16.1 Å². The molecule has 0 saturated heterocycles. The van der Waals surface area contributed by atoms with Crippen LogP contribution in [0.4, 0.5) is 0 Å². The van der Waals surface area contributed by atoms with Crippen LogP contribution < -0.4 is 6.15 Å². The SMILES string of the molecule is N.OC1=NC=NC1.c1c[nH]cn1. The van der Waals surface area contributed by atoms with Crippen LogP contribution in [-0.4, -0.2) is 33.9 Å². The number of H-pyrrole nitrogens is 1. The van der Waals surface area contributed by atoms with Crippen molar-refractivity contribution in [3.63, 3.8) is 0 Å². The van der Waals surface area contributed by atoms with Crippen molar-refractivity contribution in [1.29, 1.82) is 0 Å². The Balaban J connectivity index is 0.000000189. The summed E-state index contributed by atoms with van der Waals surface area (Å²) in [5.41, 5.74) is 0. The van der Waals surface area contributed by atoms with Gasteiger partial charge in [0.25, 0.3) is 0 Å². The Kier molecular flexibility index (Phi) is 5.20. The average Bonchev–Trinajstić information content (AvgIpc) is 2.57. The highest BCUT2D eigenvalue weighted by Crippen LogP contribution is 1.80. The molecular weight excluding hydrogens is 158 g/mol. The first kappa shape index (κ1) is 10.3. The van der Waals surface area contributed by atoms with Gasteiger partial charge in [-0.05, 0) is 0 Å². The molecule has 0 aliphatic carbocycles. The second-order valence-electron chi connectivity index (χ2n) is 1.76. The minimum absolute atomic E-state index is 0. The molecule has 1 aliphatic rings. The minimum atomic E-state index is 0. The standard InChI is InChI=1S/C3H4N2O.C3H4N2.H3N/c6-3-1-4-2-5-3;1-2-5-3-4-1;/h2H,1H2,(H,4,5,6);1-3H,(H,4,5);1H3. The van der Waals surface area contributed by atoms with Crippen molar-refractivity contribution < 1.29 is 5.11 Å². The number of aromatic amines is 1. The van der Waals surface area contributed by atoms with Crippen LogP contribution in [0.2, 0.25) is 0 Å². The summed E-state index contributed by atoms with van der Waals surface area (Å²) in [6.45, 7) is 0.361. The lowest BCUT2D eigenvalue weighted by molar-refractivity contribution is 0.546. The summed E-state index contributed by atoms with van der Waals surface area (Å²) < 4.78 is 0. The van der Waals surface area contributed by atoms with Crippen molar-refractivity contribution in [2.45, 2.75) is 0 Å². The van der Waals surface area contributed by atoms with E-state index < -0.39 is 0 Å². The van der Waals surface area contributed by atoms with Gasteiger partial charge in [0.15, 0.2) is 0 Å². The van der Waals surface area contributed by atoms with E-state index >= 15 is 0 Å². The van der Waals surface area contributed by atoms with Gasteiger partial charge in [-0.2, -0.15) is 0 Å². The molecule has 0 radical (unpaired) electrons. The Hall–Kier alpha value is -1.69. The van der Waals surface area contributed by atoms with Gasteiger partial charge in [-0.25, -0.2) is 9.98 Å². The zero-order valence-corrected chi connectivity index (χ0v) is 6.51.